The van der Waals surface area contributed by atoms with E-state index in [1.165, 1.54) is 12.1 Å². The summed E-state index contributed by atoms with van der Waals surface area (Å²) in [7, 11) is 0. The van der Waals surface area contributed by atoms with E-state index in [0.717, 1.165) is 6.07 Å². The molecule has 0 aliphatic rings. The third-order valence-electron chi connectivity index (χ3n) is 1.99. The predicted molar refractivity (Wildman–Crippen MR) is 55.7 cm³/mol. The second-order valence-corrected chi connectivity index (χ2v) is 3.14. The van der Waals surface area contributed by atoms with Crippen molar-refractivity contribution in [3.05, 3.63) is 54.1 Å². The molecule has 0 spiro atoms. The molecule has 0 atom stereocenters. The van der Waals surface area contributed by atoms with Crippen LogP contribution in [0.25, 0.3) is 0 Å². The molecular formula is C11H9F2N3. The van der Waals surface area contributed by atoms with E-state index in [1.54, 1.807) is 18.5 Å². The molecule has 5 heteroatoms. The minimum absolute atomic E-state index is 0.230. The average molecular weight is 221 g/mol. The van der Waals surface area contributed by atoms with E-state index in [2.05, 4.69) is 15.3 Å². The van der Waals surface area contributed by atoms with Gasteiger partial charge in [0.2, 0.25) is 0 Å². The number of nitrogens with one attached hydrogen (secondary N) is 1. The molecule has 2 aromatic rings. The first-order valence-electron chi connectivity index (χ1n) is 4.70. The highest BCUT2D eigenvalue weighted by atomic mass is 19.1. The van der Waals surface area contributed by atoms with E-state index >= 15 is 0 Å². The van der Waals surface area contributed by atoms with Crippen LogP contribution in [0.4, 0.5) is 14.5 Å². The second kappa shape index (κ2) is 4.65. The number of halogens is 2. The van der Waals surface area contributed by atoms with E-state index in [9.17, 15) is 8.78 Å². The third-order valence-corrected chi connectivity index (χ3v) is 1.99. The van der Waals surface area contributed by atoms with Crippen molar-refractivity contribution in [3.63, 3.8) is 0 Å². The smallest absolute Gasteiger partial charge is 0.149 e. The van der Waals surface area contributed by atoms with Gasteiger partial charge in [0.1, 0.15) is 17.5 Å². The van der Waals surface area contributed by atoms with Gasteiger partial charge in [0.05, 0.1) is 12.2 Å². The number of hydrogen-bond donors (Lipinski definition) is 1. The van der Waals surface area contributed by atoms with Gasteiger partial charge in [-0.25, -0.2) is 18.7 Å². The summed E-state index contributed by atoms with van der Waals surface area (Å²) in [4.78, 5) is 7.94. The quantitative estimate of drug-likeness (QED) is 0.864. The maximum absolute atomic E-state index is 13.2. The van der Waals surface area contributed by atoms with Gasteiger partial charge in [0.15, 0.2) is 0 Å². The second-order valence-electron chi connectivity index (χ2n) is 3.14. The van der Waals surface area contributed by atoms with E-state index in [4.69, 9.17) is 0 Å². The Balaban J connectivity index is 2.05. The fourth-order valence-corrected chi connectivity index (χ4v) is 1.23. The van der Waals surface area contributed by atoms with E-state index in [1.807, 2.05) is 0 Å². The Hall–Kier alpha value is -2.04. The first kappa shape index (κ1) is 10.5. The highest BCUT2D eigenvalue weighted by Gasteiger charge is 2.03. The van der Waals surface area contributed by atoms with Gasteiger partial charge < -0.3 is 5.32 Å². The molecule has 0 unspecified atom stereocenters. The van der Waals surface area contributed by atoms with Crippen molar-refractivity contribution < 1.29 is 8.78 Å². The minimum Gasteiger partial charge on any atom is -0.375 e. The summed E-state index contributed by atoms with van der Waals surface area (Å²) in [6, 6.07) is 5.06. The molecule has 0 bridgehead atoms. The van der Waals surface area contributed by atoms with Gasteiger partial charge in [0.25, 0.3) is 0 Å². The molecule has 2 rings (SSSR count). The van der Waals surface area contributed by atoms with Gasteiger partial charge in [-0.05, 0) is 18.2 Å². The summed E-state index contributed by atoms with van der Waals surface area (Å²) in [5.74, 6) is -0.679. The van der Waals surface area contributed by atoms with Crippen molar-refractivity contribution in [3.8, 4) is 0 Å². The van der Waals surface area contributed by atoms with E-state index in [0.29, 0.717) is 12.4 Å². The molecule has 0 radical (unpaired) electrons. The molecule has 82 valence electrons. The van der Waals surface area contributed by atoms with Crippen LogP contribution in [0.3, 0.4) is 0 Å². The van der Waals surface area contributed by atoms with Crippen LogP contribution in [0.2, 0.25) is 0 Å². The Kier molecular flexibility index (Phi) is 3.05. The van der Waals surface area contributed by atoms with E-state index < -0.39 is 11.6 Å². The Morgan fingerprint density at radius 1 is 1.12 bits per heavy atom. The third kappa shape index (κ3) is 2.50. The number of hydrogen-bond acceptors (Lipinski definition) is 3. The lowest BCUT2D eigenvalue weighted by Crippen LogP contribution is -2.04. The number of aromatic nitrogens is 2. The molecule has 0 aliphatic carbocycles. The standard InChI is InChI=1S/C11H9F2N3/c12-8-2-3-10(9(13)6-8)16-7-11-14-4-1-5-15-11/h1-6,16H,7H2. The lowest BCUT2D eigenvalue weighted by Gasteiger charge is -2.06. The first-order valence-corrected chi connectivity index (χ1v) is 4.70. The van der Waals surface area contributed by atoms with Crippen molar-refractivity contribution in [1.82, 2.24) is 9.97 Å². The molecule has 0 fully saturated rings. The zero-order valence-corrected chi connectivity index (χ0v) is 8.32. The van der Waals surface area contributed by atoms with Crippen LogP contribution in [0.1, 0.15) is 5.82 Å². The highest BCUT2D eigenvalue weighted by molar-refractivity contribution is 5.44. The predicted octanol–water partition coefficient (Wildman–Crippen LogP) is 2.37. The zero-order valence-electron chi connectivity index (χ0n) is 8.32. The lowest BCUT2D eigenvalue weighted by atomic mass is 10.3. The minimum atomic E-state index is -0.629. The molecule has 1 N–H and O–H groups in total. The molecule has 0 aliphatic heterocycles. The molecule has 0 saturated carbocycles. The fourth-order valence-electron chi connectivity index (χ4n) is 1.23. The Labute approximate surface area is 91.2 Å². The summed E-state index contributed by atoms with van der Waals surface area (Å²) in [6.07, 6.45) is 3.20. The van der Waals surface area contributed by atoms with Crippen molar-refractivity contribution in [2.45, 2.75) is 6.54 Å². The van der Waals surface area contributed by atoms with Crippen molar-refractivity contribution in [1.29, 1.82) is 0 Å². The summed E-state index contributed by atoms with van der Waals surface area (Å²) >= 11 is 0. The summed E-state index contributed by atoms with van der Waals surface area (Å²) < 4.78 is 25.8. The Morgan fingerprint density at radius 2 is 1.88 bits per heavy atom. The number of anilines is 1. The van der Waals surface area contributed by atoms with Crippen molar-refractivity contribution in [2.75, 3.05) is 5.32 Å². The molecule has 0 saturated heterocycles. The maximum atomic E-state index is 13.2. The van der Waals surface area contributed by atoms with Crippen molar-refractivity contribution >= 4 is 5.69 Å². The zero-order chi connectivity index (χ0) is 11.4. The number of benzene rings is 1. The Morgan fingerprint density at radius 3 is 2.56 bits per heavy atom. The summed E-state index contributed by atoms with van der Waals surface area (Å²) in [5.41, 5.74) is 0.230. The number of rotatable bonds is 3. The van der Waals surface area contributed by atoms with Crippen LogP contribution in [-0.4, -0.2) is 9.97 Å². The molecule has 1 heterocycles. The maximum Gasteiger partial charge on any atom is 0.149 e. The number of nitrogens with zero attached hydrogens (tertiary/aromatic N) is 2. The Bertz CT molecular complexity index is 474. The SMILES string of the molecule is Fc1ccc(NCc2ncccn2)c(F)c1. The molecule has 1 aromatic carbocycles. The van der Waals surface area contributed by atoms with Gasteiger partial charge in [-0.3, -0.25) is 0 Å². The average Bonchev–Trinajstić information content (AvgIpc) is 2.29. The van der Waals surface area contributed by atoms with Gasteiger partial charge in [-0.2, -0.15) is 0 Å². The van der Waals surface area contributed by atoms with Gasteiger partial charge >= 0.3 is 0 Å². The lowest BCUT2D eigenvalue weighted by molar-refractivity contribution is 0.585. The summed E-state index contributed by atoms with van der Waals surface area (Å²) in [6.45, 7) is 0.295. The van der Waals surface area contributed by atoms with Crippen LogP contribution in [0.15, 0.2) is 36.7 Å². The molecule has 3 nitrogen and oxygen atoms in total. The largest absolute Gasteiger partial charge is 0.375 e. The van der Waals surface area contributed by atoms with Crippen molar-refractivity contribution in [2.24, 2.45) is 0 Å². The van der Waals surface area contributed by atoms with Crippen LogP contribution in [0.5, 0.6) is 0 Å². The van der Waals surface area contributed by atoms with Crippen LogP contribution in [-0.2, 0) is 6.54 Å². The van der Waals surface area contributed by atoms with Crippen LogP contribution in [0, 0.1) is 11.6 Å². The summed E-state index contributed by atoms with van der Waals surface area (Å²) in [5, 5.41) is 2.79. The van der Waals surface area contributed by atoms with Gasteiger partial charge in [-0.15, -0.1) is 0 Å². The van der Waals surface area contributed by atoms with Crippen LogP contribution >= 0.6 is 0 Å². The fraction of sp³-hybridized carbons (Fsp3) is 0.0909. The highest BCUT2D eigenvalue weighted by Crippen LogP contribution is 2.15. The van der Waals surface area contributed by atoms with Gasteiger partial charge in [0, 0.05) is 18.5 Å². The van der Waals surface area contributed by atoms with E-state index in [-0.39, 0.29) is 5.69 Å². The monoisotopic (exact) mass is 221 g/mol. The molecule has 16 heavy (non-hydrogen) atoms. The molecular weight excluding hydrogens is 212 g/mol. The first-order chi connectivity index (χ1) is 7.75. The molecule has 0 amide bonds. The molecule has 1 aromatic heterocycles. The van der Waals surface area contributed by atoms with Gasteiger partial charge in [-0.1, -0.05) is 0 Å². The topological polar surface area (TPSA) is 37.8 Å². The normalized spacial score (nSPS) is 10.1. The van der Waals surface area contributed by atoms with Crippen LogP contribution < -0.4 is 5.32 Å².